The van der Waals surface area contributed by atoms with E-state index in [4.69, 9.17) is 0 Å². The first-order valence-electron chi connectivity index (χ1n) is 7.24. The van der Waals surface area contributed by atoms with Crippen LogP contribution in [0.2, 0.25) is 0 Å². The maximum atomic E-state index is 12.1. The lowest BCUT2D eigenvalue weighted by Crippen LogP contribution is -2.33. The average molecular weight is 316 g/mol. The normalized spacial score (nSPS) is 10.3. The summed E-state index contributed by atoms with van der Waals surface area (Å²) in [5, 5.41) is 5.50. The molecule has 4 nitrogen and oxygen atoms in total. The molecule has 0 atom stereocenters. The summed E-state index contributed by atoms with van der Waals surface area (Å²) in [6, 6.07) is 9.51. The number of nitrogens with one attached hydrogen (secondary N) is 2. The molecule has 0 unspecified atom stereocenters. The maximum Gasteiger partial charge on any atom is 0.252 e. The number of benzene rings is 1. The minimum Gasteiger partial charge on any atom is -0.343 e. The molecule has 1 aromatic carbocycles. The monoisotopic (exact) mass is 316 g/mol. The molecule has 2 aromatic rings. The standard InChI is InChI=1S/C17H20N2O2S/c1-4-13-7-5-6-8-15(13)19-16(20)10-18-17(21)14-9-11(2)22-12(14)3/h5-9H,4,10H2,1-3H3,(H,18,21)(H,19,20). The first-order chi connectivity index (χ1) is 10.5. The van der Waals surface area contributed by atoms with Gasteiger partial charge in [-0.15, -0.1) is 11.3 Å². The lowest BCUT2D eigenvalue weighted by molar-refractivity contribution is -0.115. The number of rotatable bonds is 5. The van der Waals surface area contributed by atoms with Gasteiger partial charge in [0.2, 0.25) is 5.91 Å². The van der Waals surface area contributed by atoms with Gasteiger partial charge in [-0.05, 0) is 38.0 Å². The van der Waals surface area contributed by atoms with Crippen LogP contribution in [0.1, 0.15) is 32.6 Å². The lowest BCUT2D eigenvalue weighted by atomic mass is 10.1. The van der Waals surface area contributed by atoms with Crippen molar-refractivity contribution in [2.75, 3.05) is 11.9 Å². The predicted molar refractivity (Wildman–Crippen MR) is 90.6 cm³/mol. The third-order valence-electron chi connectivity index (χ3n) is 3.37. The van der Waals surface area contributed by atoms with Crippen LogP contribution in [0.5, 0.6) is 0 Å². The molecule has 5 heteroatoms. The SMILES string of the molecule is CCc1ccccc1NC(=O)CNC(=O)c1cc(C)sc1C. The Bertz CT molecular complexity index is 692. The number of carbonyl (C=O) groups excluding carboxylic acids is 2. The number of amides is 2. The molecule has 0 aliphatic carbocycles. The van der Waals surface area contributed by atoms with Gasteiger partial charge >= 0.3 is 0 Å². The molecule has 2 rings (SSSR count). The van der Waals surface area contributed by atoms with E-state index in [1.165, 1.54) is 0 Å². The quantitative estimate of drug-likeness (QED) is 0.889. The van der Waals surface area contributed by atoms with Gasteiger partial charge in [0.25, 0.3) is 5.91 Å². The number of hydrogen-bond donors (Lipinski definition) is 2. The molecular formula is C17H20N2O2S. The van der Waals surface area contributed by atoms with E-state index >= 15 is 0 Å². The zero-order valence-corrected chi connectivity index (χ0v) is 13.8. The minimum absolute atomic E-state index is 0.0365. The highest BCUT2D eigenvalue weighted by Crippen LogP contribution is 2.20. The molecule has 0 radical (unpaired) electrons. The smallest absolute Gasteiger partial charge is 0.252 e. The Balaban J connectivity index is 1.93. The van der Waals surface area contributed by atoms with Crippen molar-refractivity contribution >= 4 is 28.8 Å². The van der Waals surface area contributed by atoms with Crippen LogP contribution in [0.3, 0.4) is 0 Å². The van der Waals surface area contributed by atoms with Gasteiger partial charge in [0.1, 0.15) is 0 Å². The second-order valence-electron chi connectivity index (χ2n) is 5.07. The molecule has 2 amide bonds. The number of aryl methyl sites for hydroxylation is 3. The van der Waals surface area contributed by atoms with E-state index < -0.39 is 0 Å². The second-order valence-corrected chi connectivity index (χ2v) is 6.53. The number of hydrogen-bond acceptors (Lipinski definition) is 3. The van der Waals surface area contributed by atoms with Crippen LogP contribution in [-0.4, -0.2) is 18.4 Å². The van der Waals surface area contributed by atoms with Crippen LogP contribution in [-0.2, 0) is 11.2 Å². The van der Waals surface area contributed by atoms with Gasteiger partial charge in [0, 0.05) is 15.4 Å². The van der Waals surface area contributed by atoms with E-state index in [0.717, 1.165) is 27.4 Å². The van der Waals surface area contributed by atoms with Gasteiger partial charge in [-0.3, -0.25) is 9.59 Å². The Labute approximate surface area is 134 Å². The molecule has 0 saturated carbocycles. The fourth-order valence-electron chi connectivity index (χ4n) is 2.26. The number of para-hydroxylation sites is 1. The first-order valence-corrected chi connectivity index (χ1v) is 8.06. The zero-order valence-electron chi connectivity index (χ0n) is 13.0. The first kappa shape index (κ1) is 16.2. The second kappa shape index (κ2) is 7.22. The summed E-state index contributed by atoms with van der Waals surface area (Å²) < 4.78 is 0. The molecule has 1 heterocycles. The van der Waals surface area contributed by atoms with Crippen LogP contribution in [0, 0.1) is 13.8 Å². The molecule has 0 aliphatic heterocycles. The minimum atomic E-state index is -0.223. The molecule has 116 valence electrons. The van der Waals surface area contributed by atoms with Crippen LogP contribution in [0.15, 0.2) is 30.3 Å². The molecule has 0 fully saturated rings. The van der Waals surface area contributed by atoms with Crippen molar-refractivity contribution in [3.8, 4) is 0 Å². The summed E-state index contributed by atoms with van der Waals surface area (Å²) in [6.45, 7) is 5.87. The molecular weight excluding hydrogens is 296 g/mol. The van der Waals surface area contributed by atoms with E-state index in [1.54, 1.807) is 11.3 Å². The third-order valence-corrected chi connectivity index (χ3v) is 4.33. The van der Waals surface area contributed by atoms with Crippen molar-refractivity contribution in [3.05, 3.63) is 51.2 Å². The van der Waals surface area contributed by atoms with Crippen LogP contribution in [0.25, 0.3) is 0 Å². The summed E-state index contributed by atoms with van der Waals surface area (Å²) in [6.07, 6.45) is 0.843. The van der Waals surface area contributed by atoms with Crippen LogP contribution in [0.4, 0.5) is 5.69 Å². The van der Waals surface area contributed by atoms with Gasteiger partial charge in [0.15, 0.2) is 0 Å². The van der Waals surface area contributed by atoms with Gasteiger partial charge in [-0.25, -0.2) is 0 Å². The highest BCUT2D eigenvalue weighted by Gasteiger charge is 2.13. The van der Waals surface area contributed by atoms with Crippen LogP contribution >= 0.6 is 11.3 Å². The van der Waals surface area contributed by atoms with Gasteiger partial charge < -0.3 is 10.6 Å². The van der Waals surface area contributed by atoms with Crippen LogP contribution < -0.4 is 10.6 Å². The van der Waals surface area contributed by atoms with E-state index in [9.17, 15) is 9.59 Å². The Kier molecular flexibility index (Phi) is 5.33. The summed E-state index contributed by atoms with van der Waals surface area (Å²) >= 11 is 1.58. The summed E-state index contributed by atoms with van der Waals surface area (Å²) in [7, 11) is 0. The summed E-state index contributed by atoms with van der Waals surface area (Å²) in [5.41, 5.74) is 2.52. The molecule has 0 bridgehead atoms. The van der Waals surface area contributed by atoms with Crippen molar-refractivity contribution in [3.63, 3.8) is 0 Å². The summed E-state index contributed by atoms with van der Waals surface area (Å²) in [4.78, 5) is 26.1. The maximum absolute atomic E-state index is 12.1. The largest absolute Gasteiger partial charge is 0.343 e. The fourth-order valence-corrected chi connectivity index (χ4v) is 3.18. The highest BCUT2D eigenvalue weighted by molar-refractivity contribution is 7.12. The lowest BCUT2D eigenvalue weighted by Gasteiger charge is -2.10. The molecule has 22 heavy (non-hydrogen) atoms. The van der Waals surface area contributed by atoms with E-state index in [1.807, 2.05) is 51.1 Å². The molecule has 1 aromatic heterocycles. The fraction of sp³-hybridized carbons (Fsp3) is 0.294. The molecule has 0 spiro atoms. The topological polar surface area (TPSA) is 58.2 Å². The highest BCUT2D eigenvalue weighted by atomic mass is 32.1. The molecule has 2 N–H and O–H groups in total. The molecule has 0 saturated heterocycles. The van der Waals surface area contributed by atoms with E-state index in [0.29, 0.717) is 5.56 Å². The number of thiophene rings is 1. The Hall–Kier alpha value is -2.14. The van der Waals surface area contributed by atoms with Crippen molar-refractivity contribution in [2.45, 2.75) is 27.2 Å². The van der Waals surface area contributed by atoms with E-state index in [-0.39, 0.29) is 18.4 Å². The average Bonchev–Trinajstić information content (AvgIpc) is 2.84. The van der Waals surface area contributed by atoms with Crippen molar-refractivity contribution in [2.24, 2.45) is 0 Å². The van der Waals surface area contributed by atoms with Crippen molar-refractivity contribution in [1.82, 2.24) is 5.32 Å². The Morgan fingerprint density at radius 2 is 1.91 bits per heavy atom. The zero-order chi connectivity index (χ0) is 16.1. The van der Waals surface area contributed by atoms with Gasteiger partial charge in [-0.1, -0.05) is 25.1 Å². The Morgan fingerprint density at radius 1 is 1.18 bits per heavy atom. The van der Waals surface area contributed by atoms with Crippen molar-refractivity contribution < 1.29 is 9.59 Å². The molecule has 0 aliphatic rings. The number of carbonyl (C=O) groups is 2. The van der Waals surface area contributed by atoms with Gasteiger partial charge in [-0.2, -0.15) is 0 Å². The predicted octanol–water partition coefficient (Wildman–Crippen LogP) is 3.30. The third kappa shape index (κ3) is 3.95. The van der Waals surface area contributed by atoms with E-state index in [2.05, 4.69) is 10.6 Å². The number of anilines is 1. The summed E-state index contributed by atoms with van der Waals surface area (Å²) in [5.74, 6) is -0.431. The van der Waals surface area contributed by atoms with Crippen molar-refractivity contribution in [1.29, 1.82) is 0 Å². The van der Waals surface area contributed by atoms with Gasteiger partial charge in [0.05, 0.1) is 12.1 Å². The Morgan fingerprint density at radius 3 is 2.55 bits per heavy atom.